The first-order valence-electron chi connectivity index (χ1n) is 4.41. The van der Waals surface area contributed by atoms with Gasteiger partial charge in [-0.1, -0.05) is 0 Å². The molecule has 0 spiro atoms. The van der Waals surface area contributed by atoms with Gasteiger partial charge in [-0.2, -0.15) is 4.57 Å². The molecule has 0 saturated carbocycles. The molecule has 3 nitrogen and oxygen atoms in total. The van der Waals surface area contributed by atoms with Gasteiger partial charge in [-0.05, 0) is 14.1 Å². The monoisotopic (exact) mass is 180 g/mol. The fraction of sp³-hybridized carbons (Fsp3) is 0.500. The molecular weight excluding hydrogens is 162 g/mol. The molecule has 0 amide bonds. The van der Waals surface area contributed by atoms with Crippen LogP contribution in [0.25, 0.3) is 0 Å². The van der Waals surface area contributed by atoms with E-state index < -0.39 is 0 Å². The highest BCUT2D eigenvalue weighted by Gasteiger charge is 2.02. The number of hydrogen-bond donors (Lipinski definition) is 0. The summed E-state index contributed by atoms with van der Waals surface area (Å²) in [4.78, 5) is 4.23. The van der Waals surface area contributed by atoms with Crippen LogP contribution in [0.15, 0.2) is 24.5 Å². The highest BCUT2D eigenvalue weighted by molar-refractivity contribution is 5.41. The number of rotatable bonds is 3. The fourth-order valence-corrected chi connectivity index (χ4v) is 1.17. The second-order valence-electron chi connectivity index (χ2n) is 3.69. The maximum absolute atomic E-state index is 2.15. The van der Waals surface area contributed by atoms with Gasteiger partial charge in [0.05, 0.1) is 0 Å². The minimum Gasteiger partial charge on any atom is -0.377 e. The second kappa shape index (κ2) is 4.23. The molecule has 0 saturated heterocycles. The van der Waals surface area contributed by atoms with Crippen molar-refractivity contribution < 1.29 is 4.57 Å². The van der Waals surface area contributed by atoms with Crippen molar-refractivity contribution in [3.63, 3.8) is 0 Å². The topological polar surface area (TPSA) is 10.4 Å². The van der Waals surface area contributed by atoms with Gasteiger partial charge >= 0.3 is 0 Å². The largest absolute Gasteiger partial charge is 0.377 e. The SMILES string of the molecule is CN(C)C[n+]1ccc(N(C)C)cc1. The average molecular weight is 180 g/mol. The summed E-state index contributed by atoms with van der Waals surface area (Å²) < 4.78 is 2.15. The lowest BCUT2D eigenvalue weighted by Gasteiger charge is -2.11. The lowest BCUT2D eigenvalue weighted by molar-refractivity contribution is -0.713. The first-order valence-corrected chi connectivity index (χ1v) is 4.41. The van der Waals surface area contributed by atoms with Crippen LogP contribution in [-0.4, -0.2) is 33.1 Å². The lowest BCUT2D eigenvalue weighted by Crippen LogP contribution is -2.40. The van der Waals surface area contributed by atoms with Crippen LogP contribution < -0.4 is 9.47 Å². The van der Waals surface area contributed by atoms with Crippen LogP contribution in [0.4, 0.5) is 5.69 Å². The maximum atomic E-state index is 2.15. The molecule has 0 aliphatic carbocycles. The van der Waals surface area contributed by atoms with E-state index in [2.05, 4.69) is 53.0 Å². The average Bonchev–Trinajstić information content (AvgIpc) is 2.04. The van der Waals surface area contributed by atoms with E-state index in [0.717, 1.165) is 6.67 Å². The Bertz CT molecular complexity index is 251. The smallest absolute Gasteiger partial charge is 0.204 e. The molecule has 0 N–H and O–H groups in total. The summed E-state index contributed by atoms with van der Waals surface area (Å²) in [5.74, 6) is 0. The molecule has 0 atom stereocenters. The zero-order chi connectivity index (χ0) is 9.84. The lowest BCUT2D eigenvalue weighted by atomic mass is 10.4. The summed E-state index contributed by atoms with van der Waals surface area (Å²) in [5.41, 5.74) is 1.23. The second-order valence-corrected chi connectivity index (χ2v) is 3.69. The van der Waals surface area contributed by atoms with Crippen molar-refractivity contribution in [3.05, 3.63) is 24.5 Å². The Morgan fingerprint density at radius 3 is 2.00 bits per heavy atom. The maximum Gasteiger partial charge on any atom is 0.204 e. The van der Waals surface area contributed by atoms with Gasteiger partial charge in [-0.15, -0.1) is 0 Å². The molecule has 0 fully saturated rings. The normalized spacial score (nSPS) is 10.5. The quantitative estimate of drug-likeness (QED) is 0.629. The Hall–Kier alpha value is -1.09. The number of nitrogens with zero attached hydrogens (tertiary/aromatic N) is 3. The van der Waals surface area contributed by atoms with Gasteiger partial charge in [0.2, 0.25) is 6.67 Å². The highest BCUT2D eigenvalue weighted by atomic mass is 15.2. The third-order valence-electron chi connectivity index (χ3n) is 1.84. The van der Waals surface area contributed by atoms with Gasteiger partial charge in [-0.3, -0.25) is 4.90 Å². The van der Waals surface area contributed by atoms with E-state index in [1.54, 1.807) is 0 Å². The van der Waals surface area contributed by atoms with E-state index in [1.807, 2.05) is 14.1 Å². The number of hydrogen-bond acceptors (Lipinski definition) is 2. The van der Waals surface area contributed by atoms with Gasteiger partial charge < -0.3 is 4.90 Å². The molecule has 0 unspecified atom stereocenters. The van der Waals surface area contributed by atoms with Crippen molar-refractivity contribution in [3.8, 4) is 0 Å². The molecule has 0 aromatic carbocycles. The third kappa shape index (κ3) is 3.03. The molecule has 1 aromatic heterocycles. The summed E-state index contributed by atoms with van der Waals surface area (Å²) in [7, 11) is 8.22. The molecule has 0 aliphatic heterocycles. The minimum atomic E-state index is 0.924. The van der Waals surface area contributed by atoms with Gasteiger partial charge in [0.1, 0.15) is 0 Å². The van der Waals surface area contributed by atoms with Crippen LogP contribution >= 0.6 is 0 Å². The zero-order valence-electron chi connectivity index (χ0n) is 8.86. The molecule has 1 aromatic rings. The molecule has 1 rings (SSSR count). The third-order valence-corrected chi connectivity index (χ3v) is 1.84. The highest BCUT2D eigenvalue weighted by Crippen LogP contribution is 2.05. The molecule has 1 heterocycles. The molecule has 72 valence electrons. The van der Waals surface area contributed by atoms with Crippen molar-refractivity contribution in [2.24, 2.45) is 0 Å². The molecule has 13 heavy (non-hydrogen) atoms. The van der Waals surface area contributed by atoms with E-state index in [1.165, 1.54) is 5.69 Å². The standard InChI is InChI=1S/C10H18N3/c1-11(2)9-13-7-5-10(6-8-13)12(3)4/h5-8H,9H2,1-4H3/q+1. The van der Waals surface area contributed by atoms with E-state index in [9.17, 15) is 0 Å². The predicted molar refractivity (Wildman–Crippen MR) is 54.7 cm³/mol. The summed E-state index contributed by atoms with van der Waals surface area (Å²) in [6, 6.07) is 4.23. The van der Waals surface area contributed by atoms with Crippen LogP contribution in [0.1, 0.15) is 0 Å². The Morgan fingerprint density at radius 1 is 1.08 bits per heavy atom. The summed E-state index contributed by atoms with van der Waals surface area (Å²) in [6.07, 6.45) is 4.19. The summed E-state index contributed by atoms with van der Waals surface area (Å²) in [5, 5.41) is 0. The fourth-order valence-electron chi connectivity index (χ4n) is 1.17. The molecule has 3 heteroatoms. The van der Waals surface area contributed by atoms with Crippen LogP contribution in [-0.2, 0) is 6.67 Å². The van der Waals surface area contributed by atoms with E-state index >= 15 is 0 Å². The van der Waals surface area contributed by atoms with Crippen molar-refractivity contribution in [1.29, 1.82) is 0 Å². The zero-order valence-corrected chi connectivity index (χ0v) is 8.86. The molecule has 0 aliphatic rings. The van der Waals surface area contributed by atoms with E-state index in [4.69, 9.17) is 0 Å². The Morgan fingerprint density at radius 2 is 1.62 bits per heavy atom. The van der Waals surface area contributed by atoms with Gasteiger partial charge in [-0.25, -0.2) is 0 Å². The van der Waals surface area contributed by atoms with Crippen LogP contribution in [0, 0.1) is 0 Å². The van der Waals surface area contributed by atoms with Crippen molar-refractivity contribution in [1.82, 2.24) is 4.90 Å². The Kier molecular flexibility index (Phi) is 3.25. The van der Waals surface area contributed by atoms with Gasteiger partial charge in [0.25, 0.3) is 0 Å². The van der Waals surface area contributed by atoms with E-state index in [-0.39, 0.29) is 0 Å². The van der Waals surface area contributed by atoms with Gasteiger partial charge in [0.15, 0.2) is 12.4 Å². The number of anilines is 1. The Balaban J connectivity index is 2.70. The Labute approximate surface area is 80.2 Å². The van der Waals surface area contributed by atoms with Gasteiger partial charge in [0, 0.05) is 31.9 Å². The number of aromatic nitrogens is 1. The molecular formula is C10H18N3+. The first-order chi connectivity index (χ1) is 6.09. The van der Waals surface area contributed by atoms with Crippen molar-refractivity contribution >= 4 is 5.69 Å². The predicted octanol–water partition coefficient (Wildman–Crippen LogP) is 0.559. The first kappa shape index (κ1) is 9.99. The van der Waals surface area contributed by atoms with Crippen LogP contribution in [0.2, 0.25) is 0 Å². The number of pyridine rings is 1. The van der Waals surface area contributed by atoms with Crippen molar-refractivity contribution in [2.45, 2.75) is 6.67 Å². The van der Waals surface area contributed by atoms with Crippen molar-refractivity contribution in [2.75, 3.05) is 33.1 Å². The van der Waals surface area contributed by atoms with Crippen LogP contribution in [0.3, 0.4) is 0 Å². The molecule has 0 bridgehead atoms. The minimum absolute atomic E-state index is 0.924. The van der Waals surface area contributed by atoms with E-state index in [0.29, 0.717) is 0 Å². The molecule has 0 radical (unpaired) electrons. The summed E-state index contributed by atoms with van der Waals surface area (Å²) in [6.45, 7) is 0.924. The van der Waals surface area contributed by atoms with Crippen LogP contribution in [0.5, 0.6) is 0 Å². The summed E-state index contributed by atoms with van der Waals surface area (Å²) >= 11 is 0.